The van der Waals surface area contributed by atoms with E-state index in [9.17, 15) is 18.5 Å². The van der Waals surface area contributed by atoms with E-state index < -0.39 is 10.1 Å². The van der Waals surface area contributed by atoms with Crippen molar-refractivity contribution in [1.82, 2.24) is 10.2 Å². The lowest BCUT2D eigenvalue weighted by molar-refractivity contribution is -0.133. The van der Waals surface area contributed by atoms with E-state index in [2.05, 4.69) is 37.4 Å². The summed E-state index contributed by atoms with van der Waals surface area (Å²) in [4.78, 5) is 14.5. The van der Waals surface area contributed by atoms with Crippen molar-refractivity contribution in [2.24, 2.45) is 0 Å². The summed E-state index contributed by atoms with van der Waals surface area (Å²) in [7, 11) is -2.32. The zero-order valence-electron chi connectivity index (χ0n) is 20.6. The van der Waals surface area contributed by atoms with Gasteiger partial charge in [0.15, 0.2) is 0 Å². The Morgan fingerprint density at radius 3 is 2.46 bits per heavy atom. The monoisotopic (exact) mass is 499 g/mol. The molecule has 0 aliphatic carbocycles. The molecule has 0 aromatic heterocycles. The number of aryl methyl sites for hydroxylation is 3. The van der Waals surface area contributed by atoms with Crippen LogP contribution in [0.1, 0.15) is 47.4 Å². The van der Waals surface area contributed by atoms with E-state index in [1.807, 2.05) is 6.92 Å². The molecule has 188 valence electrons. The lowest BCUT2D eigenvalue weighted by atomic mass is 9.90. The van der Waals surface area contributed by atoms with Crippen LogP contribution in [-0.4, -0.2) is 56.1 Å². The molecule has 9 heteroatoms. The van der Waals surface area contributed by atoms with Gasteiger partial charge in [-0.05, 0) is 69.4 Å². The lowest BCUT2D eigenvalue weighted by Crippen LogP contribution is -2.45. The highest BCUT2D eigenvalue weighted by atomic mass is 32.2. The zero-order valence-corrected chi connectivity index (χ0v) is 21.4. The van der Waals surface area contributed by atoms with Crippen molar-refractivity contribution in [2.45, 2.75) is 62.9 Å². The molecule has 8 nitrogen and oxygen atoms in total. The van der Waals surface area contributed by atoms with Crippen LogP contribution in [-0.2, 0) is 14.9 Å². The van der Waals surface area contributed by atoms with Gasteiger partial charge in [-0.1, -0.05) is 23.8 Å². The van der Waals surface area contributed by atoms with Crippen LogP contribution in [0.4, 0.5) is 0 Å². The Labute approximate surface area is 207 Å². The van der Waals surface area contributed by atoms with Gasteiger partial charge in [-0.25, -0.2) is 0 Å². The first-order valence-corrected chi connectivity index (χ1v) is 13.1. The minimum absolute atomic E-state index is 0.0666. The van der Waals surface area contributed by atoms with Gasteiger partial charge < -0.3 is 15.0 Å². The van der Waals surface area contributed by atoms with E-state index in [4.69, 9.17) is 9.29 Å². The van der Waals surface area contributed by atoms with Gasteiger partial charge in [0, 0.05) is 24.6 Å². The molecule has 4 rings (SSSR count). The Balaban J connectivity index is 0.000000261. The van der Waals surface area contributed by atoms with E-state index in [1.54, 1.807) is 24.1 Å². The third-order valence-electron chi connectivity index (χ3n) is 6.55. The van der Waals surface area contributed by atoms with Gasteiger partial charge in [0.25, 0.3) is 10.1 Å². The van der Waals surface area contributed by atoms with Crippen molar-refractivity contribution in [1.29, 1.82) is 5.26 Å². The largest absolute Gasteiger partial charge is 0.496 e. The fourth-order valence-corrected chi connectivity index (χ4v) is 5.33. The lowest BCUT2D eigenvalue weighted by Gasteiger charge is -2.23. The average molecular weight is 500 g/mol. The van der Waals surface area contributed by atoms with Gasteiger partial charge in [-0.15, -0.1) is 0 Å². The van der Waals surface area contributed by atoms with Gasteiger partial charge in [0.2, 0.25) is 5.91 Å². The van der Waals surface area contributed by atoms with E-state index in [0.29, 0.717) is 6.54 Å². The number of carbonyl (C=O) groups is 1. The number of ether oxygens (including phenoxy) is 1. The maximum absolute atomic E-state index is 12.8. The van der Waals surface area contributed by atoms with Gasteiger partial charge in [0.1, 0.15) is 11.8 Å². The smallest absolute Gasteiger partial charge is 0.294 e. The molecule has 2 aliphatic heterocycles. The molecule has 2 fully saturated rings. The topological polar surface area (TPSA) is 120 Å². The van der Waals surface area contributed by atoms with Crippen LogP contribution in [0, 0.1) is 32.1 Å². The third kappa shape index (κ3) is 6.40. The Hall–Kier alpha value is -2.93. The van der Waals surface area contributed by atoms with Crippen LogP contribution in [0.3, 0.4) is 0 Å². The molecule has 2 aromatic carbocycles. The van der Waals surface area contributed by atoms with Crippen LogP contribution in [0.25, 0.3) is 0 Å². The predicted octanol–water partition coefficient (Wildman–Crippen LogP) is 3.51. The molecule has 0 saturated carbocycles. The number of methoxy groups -OCH3 is 1. The van der Waals surface area contributed by atoms with Gasteiger partial charge in [-0.2, -0.15) is 13.7 Å². The molecule has 2 saturated heterocycles. The number of amides is 1. The SMILES string of the molecule is COc1cc(C)cc(C)c1[C@@H]1CN[C@H](C(=O)N2CCC[C@H]2C#N)C1.Cc1ccc(S(=O)(=O)O)cc1. The van der Waals surface area contributed by atoms with Crippen LogP contribution < -0.4 is 10.1 Å². The van der Waals surface area contributed by atoms with E-state index in [-0.39, 0.29) is 28.8 Å². The van der Waals surface area contributed by atoms with Gasteiger partial charge in [-0.3, -0.25) is 9.35 Å². The first-order valence-electron chi connectivity index (χ1n) is 11.7. The Kier molecular flexibility index (Phi) is 8.54. The normalized spacial score (nSPS) is 21.7. The van der Waals surface area contributed by atoms with Crippen molar-refractivity contribution in [2.75, 3.05) is 20.2 Å². The fourth-order valence-electron chi connectivity index (χ4n) is 4.85. The second-order valence-corrected chi connectivity index (χ2v) is 10.6. The van der Waals surface area contributed by atoms with Crippen molar-refractivity contribution >= 4 is 16.0 Å². The van der Waals surface area contributed by atoms with Crippen molar-refractivity contribution in [3.8, 4) is 11.8 Å². The molecule has 2 heterocycles. The van der Waals surface area contributed by atoms with E-state index in [1.165, 1.54) is 28.8 Å². The maximum Gasteiger partial charge on any atom is 0.294 e. The molecule has 2 N–H and O–H groups in total. The minimum atomic E-state index is -4.02. The first kappa shape index (κ1) is 26.7. The number of hydrogen-bond donors (Lipinski definition) is 2. The standard InChI is InChI=1S/C19H25N3O2.C7H8O3S/c1-12-7-13(2)18(17(8-12)24-3)14-9-16(21-11-14)19(23)22-6-4-5-15(22)10-20;1-6-2-4-7(5-3-6)11(8,9)10/h7-8,14-16,21H,4-6,9,11H2,1-3H3;2-5H,1H3,(H,8,9,10)/t14-,15-,16-;/m0./s1. The zero-order chi connectivity index (χ0) is 25.8. The summed E-state index contributed by atoms with van der Waals surface area (Å²) in [6, 6.07) is 12.0. The number of hydrogen-bond acceptors (Lipinski definition) is 6. The molecule has 0 radical (unpaired) electrons. The summed E-state index contributed by atoms with van der Waals surface area (Å²) >= 11 is 0. The quantitative estimate of drug-likeness (QED) is 0.618. The fraction of sp³-hybridized carbons (Fsp3) is 0.462. The Morgan fingerprint density at radius 1 is 1.17 bits per heavy atom. The number of likely N-dealkylation sites (tertiary alicyclic amines) is 1. The summed E-state index contributed by atoms with van der Waals surface area (Å²) in [5, 5.41) is 12.6. The summed E-state index contributed by atoms with van der Waals surface area (Å²) < 4.78 is 35.1. The number of benzene rings is 2. The predicted molar refractivity (Wildman–Crippen MR) is 133 cm³/mol. The molecule has 0 spiro atoms. The number of carbonyl (C=O) groups excluding carboxylic acids is 1. The number of nitrogens with one attached hydrogen (secondary N) is 1. The Bertz CT molecular complexity index is 1200. The molecule has 0 bridgehead atoms. The number of nitrogens with zero attached hydrogens (tertiary/aromatic N) is 2. The molecule has 3 atom stereocenters. The summed E-state index contributed by atoms with van der Waals surface area (Å²) in [6.45, 7) is 7.47. The molecule has 2 aliphatic rings. The maximum atomic E-state index is 12.8. The highest BCUT2D eigenvalue weighted by Crippen LogP contribution is 2.36. The molecule has 1 amide bonds. The summed E-state index contributed by atoms with van der Waals surface area (Å²) in [6.07, 6.45) is 2.47. The summed E-state index contributed by atoms with van der Waals surface area (Å²) in [5.41, 5.74) is 4.55. The van der Waals surface area contributed by atoms with Gasteiger partial charge >= 0.3 is 0 Å². The Morgan fingerprint density at radius 2 is 1.86 bits per heavy atom. The average Bonchev–Trinajstić information content (AvgIpc) is 3.48. The minimum Gasteiger partial charge on any atom is -0.496 e. The number of rotatable bonds is 4. The molecular formula is C26H33N3O5S. The van der Waals surface area contributed by atoms with Crippen LogP contribution in [0.2, 0.25) is 0 Å². The number of nitriles is 1. The molecule has 35 heavy (non-hydrogen) atoms. The molecular weight excluding hydrogens is 466 g/mol. The highest BCUT2D eigenvalue weighted by Gasteiger charge is 2.38. The third-order valence-corrected chi connectivity index (χ3v) is 7.42. The van der Waals surface area contributed by atoms with Crippen LogP contribution in [0.15, 0.2) is 41.3 Å². The van der Waals surface area contributed by atoms with E-state index >= 15 is 0 Å². The van der Waals surface area contributed by atoms with Crippen molar-refractivity contribution in [3.63, 3.8) is 0 Å². The van der Waals surface area contributed by atoms with Crippen LogP contribution >= 0.6 is 0 Å². The van der Waals surface area contributed by atoms with Crippen molar-refractivity contribution < 1.29 is 22.5 Å². The second kappa shape index (κ2) is 11.2. The van der Waals surface area contributed by atoms with E-state index in [0.717, 1.165) is 37.1 Å². The highest BCUT2D eigenvalue weighted by molar-refractivity contribution is 7.85. The van der Waals surface area contributed by atoms with Gasteiger partial charge in [0.05, 0.1) is 24.1 Å². The second-order valence-electron chi connectivity index (χ2n) is 9.20. The molecule has 0 unspecified atom stereocenters. The van der Waals surface area contributed by atoms with Crippen molar-refractivity contribution in [3.05, 3.63) is 58.7 Å². The van der Waals surface area contributed by atoms with Crippen LogP contribution in [0.5, 0.6) is 5.75 Å². The molecule has 2 aromatic rings. The first-order chi connectivity index (χ1) is 16.5. The summed E-state index contributed by atoms with van der Waals surface area (Å²) in [5.74, 6) is 1.24.